The number of amides is 1. The highest BCUT2D eigenvalue weighted by molar-refractivity contribution is 5.85. The first-order valence-electron chi connectivity index (χ1n) is 8.39. The van der Waals surface area contributed by atoms with Crippen molar-refractivity contribution in [2.75, 3.05) is 26.2 Å². The Morgan fingerprint density at radius 1 is 1.35 bits per heavy atom. The highest BCUT2D eigenvalue weighted by atomic mass is 35.5. The van der Waals surface area contributed by atoms with Gasteiger partial charge >= 0.3 is 0 Å². The second kappa shape index (κ2) is 9.91. The van der Waals surface area contributed by atoms with Gasteiger partial charge in [-0.1, -0.05) is 38.1 Å². The van der Waals surface area contributed by atoms with Crippen molar-refractivity contribution in [2.45, 2.75) is 39.2 Å². The number of hydrogen-bond donors (Lipinski definition) is 2. The van der Waals surface area contributed by atoms with Crippen LogP contribution in [-0.4, -0.2) is 37.0 Å². The molecular weight excluding hydrogens is 310 g/mol. The topological polar surface area (TPSA) is 58.4 Å². The number of carbonyl (C=O) groups is 1. The Labute approximate surface area is 146 Å². The SMILES string of the molecule is CC(C)c1ccc(CN2CCCC(C(=O)NCCN)C2)cc1.Cl. The van der Waals surface area contributed by atoms with Crippen LogP contribution in [0.1, 0.15) is 43.7 Å². The molecule has 0 saturated carbocycles. The number of benzene rings is 1. The van der Waals surface area contributed by atoms with Gasteiger partial charge in [-0.05, 0) is 36.4 Å². The number of piperidine rings is 1. The van der Waals surface area contributed by atoms with Crippen molar-refractivity contribution in [3.63, 3.8) is 0 Å². The van der Waals surface area contributed by atoms with Gasteiger partial charge in [0.2, 0.25) is 5.91 Å². The Balaban J connectivity index is 0.00000264. The molecule has 1 aromatic carbocycles. The molecule has 23 heavy (non-hydrogen) atoms. The standard InChI is InChI=1S/C18H29N3O.ClH/c1-14(2)16-7-5-15(6-8-16)12-21-11-3-4-17(13-21)18(22)20-10-9-19;/h5-8,14,17H,3-4,9-13,19H2,1-2H3,(H,20,22);1H. The Hall–Kier alpha value is -1.10. The van der Waals surface area contributed by atoms with E-state index in [2.05, 4.69) is 48.3 Å². The highest BCUT2D eigenvalue weighted by Crippen LogP contribution is 2.20. The van der Waals surface area contributed by atoms with Gasteiger partial charge < -0.3 is 11.1 Å². The second-order valence-corrected chi connectivity index (χ2v) is 6.55. The molecule has 4 nitrogen and oxygen atoms in total. The molecule has 1 heterocycles. The lowest BCUT2D eigenvalue weighted by Gasteiger charge is -2.32. The average molecular weight is 340 g/mol. The Morgan fingerprint density at radius 3 is 2.65 bits per heavy atom. The van der Waals surface area contributed by atoms with E-state index in [4.69, 9.17) is 5.73 Å². The van der Waals surface area contributed by atoms with Gasteiger partial charge in [0, 0.05) is 26.2 Å². The summed E-state index contributed by atoms with van der Waals surface area (Å²) >= 11 is 0. The van der Waals surface area contributed by atoms with Gasteiger partial charge in [0.1, 0.15) is 0 Å². The van der Waals surface area contributed by atoms with E-state index in [1.54, 1.807) is 0 Å². The zero-order chi connectivity index (χ0) is 15.9. The molecule has 0 spiro atoms. The van der Waals surface area contributed by atoms with Crippen LogP contribution < -0.4 is 11.1 Å². The van der Waals surface area contributed by atoms with Crippen LogP contribution in [0.2, 0.25) is 0 Å². The van der Waals surface area contributed by atoms with E-state index in [1.165, 1.54) is 11.1 Å². The second-order valence-electron chi connectivity index (χ2n) is 6.55. The van der Waals surface area contributed by atoms with E-state index >= 15 is 0 Å². The summed E-state index contributed by atoms with van der Waals surface area (Å²) in [6.45, 7) is 8.36. The van der Waals surface area contributed by atoms with Crippen LogP contribution in [0.5, 0.6) is 0 Å². The summed E-state index contributed by atoms with van der Waals surface area (Å²) in [6.07, 6.45) is 2.07. The number of halogens is 1. The Kier molecular flexibility index (Phi) is 8.59. The van der Waals surface area contributed by atoms with E-state index in [0.29, 0.717) is 19.0 Å². The van der Waals surface area contributed by atoms with Crippen LogP contribution >= 0.6 is 12.4 Å². The van der Waals surface area contributed by atoms with E-state index < -0.39 is 0 Å². The number of hydrogen-bond acceptors (Lipinski definition) is 3. The molecule has 0 aromatic heterocycles. The fourth-order valence-electron chi connectivity index (χ4n) is 3.02. The molecule has 1 fully saturated rings. The summed E-state index contributed by atoms with van der Waals surface area (Å²) in [5.74, 6) is 0.834. The summed E-state index contributed by atoms with van der Waals surface area (Å²) in [7, 11) is 0. The monoisotopic (exact) mass is 339 g/mol. The van der Waals surface area contributed by atoms with Crippen molar-refractivity contribution < 1.29 is 4.79 Å². The highest BCUT2D eigenvalue weighted by Gasteiger charge is 2.25. The number of nitrogens with two attached hydrogens (primary N) is 1. The third-order valence-electron chi connectivity index (χ3n) is 4.37. The minimum atomic E-state index is 0. The van der Waals surface area contributed by atoms with Gasteiger partial charge in [-0.3, -0.25) is 9.69 Å². The first-order chi connectivity index (χ1) is 10.6. The summed E-state index contributed by atoms with van der Waals surface area (Å²) < 4.78 is 0. The van der Waals surface area contributed by atoms with Crippen LogP contribution in [0.15, 0.2) is 24.3 Å². The zero-order valence-electron chi connectivity index (χ0n) is 14.3. The molecular formula is C18H30ClN3O. The summed E-state index contributed by atoms with van der Waals surface area (Å²) in [6, 6.07) is 8.87. The molecule has 1 aliphatic heterocycles. The maximum atomic E-state index is 12.1. The van der Waals surface area contributed by atoms with E-state index in [9.17, 15) is 4.79 Å². The molecule has 3 N–H and O–H groups in total. The number of likely N-dealkylation sites (tertiary alicyclic amines) is 1. The zero-order valence-corrected chi connectivity index (χ0v) is 15.1. The van der Waals surface area contributed by atoms with Crippen LogP contribution in [0, 0.1) is 5.92 Å². The normalized spacial score (nSPS) is 18.5. The Morgan fingerprint density at radius 2 is 2.04 bits per heavy atom. The van der Waals surface area contributed by atoms with Gasteiger partial charge in [-0.25, -0.2) is 0 Å². The molecule has 0 radical (unpaired) electrons. The molecule has 130 valence electrons. The number of rotatable bonds is 6. The van der Waals surface area contributed by atoms with Crippen molar-refractivity contribution in [1.82, 2.24) is 10.2 Å². The lowest BCUT2D eigenvalue weighted by atomic mass is 9.96. The van der Waals surface area contributed by atoms with Crippen molar-refractivity contribution in [1.29, 1.82) is 0 Å². The fraction of sp³-hybridized carbons (Fsp3) is 0.611. The molecule has 1 aliphatic rings. The fourth-order valence-corrected chi connectivity index (χ4v) is 3.02. The molecule has 1 aromatic rings. The predicted molar refractivity (Wildman–Crippen MR) is 97.8 cm³/mol. The number of carbonyl (C=O) groups excluding carboxylic acids is 1. The summed E-state index contributed by atoms with van der Waals surface area (Å²) in [5.41, 5.74) is 8.15. The smallest absolute Gasteiger partial charge is 0.224 e. The number of nitrogens with one attached hydrogen (secondary N) is 1. The van der Waals surface area contributed by atoms with Crippen LogP contribution in [-0.2, 0) is 11.3 Å². The molecule has 1 amide bonds. The molecule has 1 saturated heterocycles. The summed E-state index contributed by atoms with van der Waals surface area (Å²) in [4.78, 5) is 14.5. The van der Waals surface area contributed by atoms with Crippen molar-refractivity contribution in [2.24, 2.45) is 11.7 Å². The number of nitrogens with zero attached hydrogens (tertiary/aromatic N) is 1. The van der Waals surface area contributed by atoms with Crippen LogP contribution in [0.25, 0.3) is 0 Å². The first kappa shape index (κ1) is 19.9. The lowest BCUT2D eigenvalue weighted by Crippen LogP contribution is -2.43. The molecule has 0 bridgehead atoms. The van der Waals surface area contributed by atoms with Crippen molar-refractivity contribution in [3.8, 4) is 0 Å². The predicted octanol–water partition coefficient (Wildman–Crippen LogP) is 2.52. The molecule has 0 aliphatic carbocycles. The van der Waals surface area contributed by atoms with Gasteiger partial charge in [-0.15, -0.1) is 12.4 Å². The maximum Gasteiger partial charge on any atom is 0.224 e. The summed E-state index contributed by atoms with van der Waals surface area (Å²) in [5, 5.41) is 2.92. The van der Waals surface area contributed by atoms with Crippen LogP contribution in [0.3, 0.4) is 0 Å². The van der Waals surface area contributed by atoms with E-state index in [1.807, 2.05) is 0 Å². The quantitative estimate of drug-likeness (QED) is 0.837. The third-order valence-corrected chi connectivity index (χ3v) is 4.37. The van der Waals surface area contributed by atoms with Crippen molar-refractivity contribution in [3.05, 3.63) is 35.4 Å². The van der Waals surface area contributed by atoms with E-state index in [0.717, 1.165) is 32.5 Å². The van der Waals surface area contributed by atoms with E-state index in [-0.39, 0.29) is 24.2 Å². The van der Waals surface area contributed by atoms with Crippen LogP contribution in [0.4, 0.5) is 0 Å². The first-order valence-corrected chi connectivity index (χ1v) is 8.39. The van der Waals surface area contributed by atoms with Gasteiger partial charge in [0.25, 0.3) is 0 Å². The minimum Gasteiger partial charge on any atom is -0.355 e. The van der Waals surface area contributed by atoms with Crippen molar-refractivity contribution >= 4 is 18.3 Å². The molecule has 1 unspecified atom stereocenters. The lowest BCUT2D eigenvalue weighted by molar-refractivity contribution is -0.126. The molecule has 5 heteroatoms. The van der Waals surface area contributed by atoms with Gasteiger partial charge in [-0.2, -0.15) is 0 Å². The average Bonchev–Trinajstić information content (AvgIpc) is 2.53. The minimum absolute atomic E-state index is 0. The molecule has 2 rings (SSSR count). The maximum absolute atomic E-state index is 12.1. The third kappa shape index (κ3) is 6.13. The molecule has 1 atom stereocenters. The Bertz CT molecular complexity index is 476. The van der Waals surface area contributed by atoms with Gasteiger partial charge in [0.15, 0.2) is 0 Å². The van der Waals surface area contributed by atoms with Gasteiger partial charge in [0.05, 0.1) is 5.92 Å². The largest absolute Gasteiger partial charge is 0.355 e.